The summed E-state index contributed by atoms with van der Waals surface area (Å²) in [5, 5.41) is 11.2. The van der Waals surface area contributed by atoms with Crippen LogP contribution in [0.5, 0.6) is 0 Å². The zero-order chi connectivity index (χ0) is 18.0. The summed E-state index contributed by atoms with van der Waals surface area (Å²) in [6, 6.07) is 7.14. The molecule has 0 aliphatic rings. The average molecular weight is 382 g/mol. The number of hydrogen-bond donors (Lipinski definition) is 2. The molecule has 1 aromatic carbocycles. The second-order valence-corrected chi connectivity index (χ2v) is 7.55. The number of rotatable bonds is 6. The van der Waals surface area contributed by atoms with E-state index in [9.17, 15) is 8.42 Å². The minimum atomic E-state index is -3.68. The van der Waals surface area contributed by atoms with Gasteiger partial charge in [-0.25, -0.2) is 18.1 Å². The van der Waals surface area contributed by atoms with E-state index in [1.165, 1.54) is 0 Å². The van der Waals surface area contributed by atoms with E-state index in [4.69, 9.17) is 16.1 Å². The molecule has 3 aromatic rings. The van der Waals surface area contributed by atoms with Gasteiger partial charge in [0.25, 0.3) is 0 Å². The van der Waals surface area contributed by atoms with Crippen LogP contribution < -0.4 is 4.72 Å². The second kappa shape index (κ2) is 6.95. The molecule has 0 atom stereocenters. The lowest BCUT2D eigenvalue weighted by atomic mass is 10.2. The zero-order valence-corrected chi connectivity index (χ0v) is 15.1. The van der Waals surface area contributed by atoms with Crippen LogP contribution in [-0.2, 0) is 16.4 Å². The van der Waals surface area contributed by atoms with E-state index in [0.717, 1.165) is 5.56 Å². The van der Waals surface area contributed by atoms with Crippen molar-refractivity contribution in [3.05, 3.63) is 46.6 Å². The van der Waals surface area contributed by atoms with Crippen LogP contribution >= 0.6 is 11.6 Å². The van der Waals surface area contributed by atoms with Crippen LogP contribution in [0.1, 0.15) is 17.3 Å². The summed E-state index contributed by atoms with van der Waals surface area (Å²) in [5.41, 5.74) is 1.15. The topological polar surface area (TPSA) is 114 Å². The first-order valence-corrected chi connectivity index (χ1v) is 9.32. The Labute approximate surface area is 149 Å². The third-order valence-electron chi connectivity index (χ3n) is 3.52. The Balaban J connectivity index is 1.64. The molecule has 0 radical (unpaired) electrons. The maximum Gasteiger partial charge on any atom is 0.245 e. The number of nitrogens with one attached hydrogen (secondary N) is 2. The van der Waals surface area contributed by atoms with Gasteiger partial charge in [-0.3, -0.25) is 5.10 Å². The molecule has 0 saturated carbocycles. The number of aromatic amines is 1. The lowest BCUT2D eigenvalue weighted by Gasteiger charge is -2.04. The number of benzene rings is 1. The Morgan fingerprint density at radius 3 is 2.60 bits per heavy atom. The fraction of sp³-hybridized carbons (Fsp3) is 0.267. The van der Waals surface area contributed by atoms with Crippen molar-refractivity contribution in [3.63, 3.8) is 0 Å². The standard InChI is InChI=1S/C15H16ClN5O3S/c1-9-14(10(2)24-21-9)25(22,23)17-8-7-13-18-15(20-19-13)11-3-5-12(16)6-4-11/h3-6,17H,7-8H2,1-2H3,(H,18,19,20). The van der Waals surface area contributed by atoms with Gasteiger partial charge in [-0.15, -0.1) is 0 Å². The molecule has 2 heterocycles. The highest BCUT2D eigenvalue weighted by Crippen LogP contribution is 2.19. The molecule has 0 spiro atoms. The van der Waals surface area contributed by atoms with Gasteiger partial charge in [-0.05, 0) is 38.1 Å². The maximum absolute atomic E-state index is 12.3. The molecular weight excluding hydrogens is 366 g/mol. The van der Waals surface area contributed by atoms with Crippen molar-refractivity contribution in [2.24, 2.45) is 0 Å². The SMILES string of the molecule is Cc1noc(C)c1S(=O)(=O)NCCc1nc(-c2ccc(Cl)cc2)n[nH]1. The van der Waals surface area contributed by atoms with E-state index in [1.807, 2.05) is 12.1 Å². The van der Waals surface area contributed by atoms with Gasteiger partial charge in [-0.2, -0.15) is 5.10 Å². The number of nitrogens with zero attached hydrogens (tertiary/aromatic N) is 3. The monoisotopic (exact) mass is 381 g/mol. The highest BCUT2D eigenvalue weighted by molar-refractivity contribution is 7.89. The van der Waals surface area contributed by atoms with Crippen molar-refractivity contribution in [2.75, 3.05) is 6.54 Å². The van der Waals surface area contributed by atoms with Crippen LogP contribution in [0.3, 0.4) is 0 Å². The number of halogens is 1. The summed E-state index contributed by atoms with van der Waals surface area (Å²) in [7, 11) is -3.68. The largest absolute Gasteiger partial charge is 0.360 e. The summed E-state index contributed by atoms with van der Waals surface area (Å²) in [5.74, 6) is 1.36. The van der Waals surface area contributed by atoms with E-state index in [0.29, 0.717) is 28.8 Å². The average Bonchev–Trinajstić information content (AvgIpc) is 3.15. The highest BCUT2D eigenvalue weighted by Gasteiger charge is 2.23. The molecule has 3 rings (SSSR count). The van der Waals surface area contributed by atoms with Crippen LogP contribution in [0.25, 0.3) is 11.4 Å². The summed E-state index contributed by atoms with van der Waals surface area (Å²) >= 11 is 5.86. The van der Waals surface area contributed by atoms with Gasteiger partial charge in [0.05, 0.1) is 0 Å². The molecule has 0 fully saturated rings. The molecule has 2 aromatic heterocycles. The van der Waals surface area contributed by atoms with Crippen molar-refractivity contribution < 1.29 is 12.9 Å². The van der Waals surface area contributed by atoms with E-state index in [-0.39, 0.29) is 17.2 Å². The van der Waals surface area contributed by atoms with Gasteiger partial charge in [0.1, 0.15) is 16.4 Å². The molecular formula is C15H16ClN5O3S. The first kappa shape index (κ1) is 17.6. The quantitative estimate of drug-likeness (QED) is 0.676. The van der Waals surface area contributed by atoms with E-state index >= 15 is 0 Å². The number of aryl methyl sites for hydroxylation is 2. The maximum atomic E-state index is 12.3. The predicted molar refractivity (Wildman–Crippen MR) is 91.7 cm³/mol. The van der Waals surface area contributed by atoms with Gasteiger partial charge in [0, 0.05) is 23.6 Å². The normalized spacial score (nSPS) is 11.8. The van der Waals surface area contributed by atoms with Crippen molar-refractivity contribution in [1.82, 2.24) is 25.1 Å². The third kappa shape index (κ3) is 3.89. The van der Waals surface area contributed by atoms with Crippen LogP contribution in [0.15, 0.2) is 33.7 Å². The Bertz CT molecular complexity index is 960. The van der Waals surface area contributed by atoms with Crippen LogP contribution in [0, 0.1) is 13.8 Å². The minimum Gasteiger partial charge on any atom is -0.360 e. The smallest absolute Gasteiger partial charge is 0.245 e. The van der Waals surface area contributed by atoms with Crippen molar-refractivity contribution in [3.8, 4) is 11.4 Å². The highest BCUT2D eigenvalue weighted by atomic mass is 35.5. The minimum absolute atomic E-state index is 0.0759. The second-order valence-electron chi connectivity index (χ2n) is 5.41. The number of H-pyrrole nitrogens is 1. The fourth-order valence-electron chi connectivity index (χ4n) is 2.37. The lowest BCUT2D eigenvalue weighted by Crippen LogP contribution is -2.27. The Kier molecular flexibility index (Phi) is 4.89. The van der Waals surface area contributed by atoms with E-state index < -0.39 is 10.0 Å². The lowest BCUT2D eigenvalue weighted by molar-refractivity contribution is 0.390. The van der Waals surface area contributed by atoms with Crippen molar-refractivity contribution in [1.29, 1.82) is 0 Å². The molecule has 25 heavy (non-hydrogen) atoms. The molecule has 0 bridgehead atoms. The van der Waals surface area contributed by atoms with Gasteiger partial charge in [-0.1, -0.05) is 16.8 Å². The Hall–Kier alpha value is -2.23. The molecule has 0 aliphatic carbocycles. The molecule has 0 amide bonds. The van der Waals surface area contributed by atoms with Gasteiger partial charge >= 0.3 is 0 Å². The summed E-state index contributed by atoms with van der Waals surface area (Å²) in [6.45, 7) is 3.31. The molecule has 0 aliphatic heterocycles. The summed E-state index contributed by atoms with van der Waals surface area (Å²) in [4.78, 5) is 4.43. The number of hydrogen-bond acceptors (Lipinski definition) is 6. The molecule has 2 N–H and O–H groups in total. The van der Waals surface area contributed by atoms with Crippen molar-refractivity contribution >= 4 is 21.6 Å². The molecule has 8 nitrogen and oxygen atoms in total. The third-order valence-corrected chi connectivity index (χ3v) is 5.48. The van der Waals surface area contributed by atoms with E-state index in [1.54, 1.807) is 26.0 Å². The number of sulfonamides is 1. The fourth-order valence-corrected chi connectivity index (χ4v) is 3.85. The summed E-state index contributed by atoms with van der Waals surface area (Å²) < 4.78 is 32.0. The summed E-state index contributed by atoms with van der Waals surface area (Å²) in [6.07, 6.45) is 0.364. The van der Waals surface area contributed by atoms with Crippen LogP contribution in [0.2, 0.25) is 5.02 Å². The first-order chi connectivity index (χ1) is 11.9. The molecule has 132 valence electrons. The van der Waals surface area contributed by atoms with Gasteiger partial charge in [0.2, 0.25) is 10.0 Å². The van der Waals surface area contributed by atoms with Crippen LogP contribution in [-0.4, -0.2) is 35.3 Å². The number of aromatic nitrogens is 4. The Morgan fingerprint density at radius 2 is 1.96 bits per heavy atom. The Morgan fingerprint density at radius 1 is 1.24 bits per heavy atom. The van der Waals surface area contributed by atoms with Gasteiger partial charge < -0.3 is 4.52 Å². The molecule has 10 heteroatoms. The van der Waals surface area contributed by atoms with E-state index in [2.05, 4.69) is 25.1 Å². The first-order valence-electron chi connectivity index (χ1n) is 7.46. The van der Waals surface area contributed by atoms with Crippen molar-refractivity contribution in [2.45, 2.75) is 25.2 Å². The zero-order valence-electron chi connectivity index (χ0n) is 13.6. The molecule has 0 saturated heterocycles. The molecule has 0 unspecified atom stereocenters. The predicted octanol–water partition coefficient (Wildman–Crippen LogP) is 2.25. The van der Waals surface area contributed by atoms with Crippen LogP contribution in [0.4, 0.5) is 0 Å². The van der Waals surface area contributed by atoms with Gasteiger partial charge in [0.15, 0.2) is 11.6 Å².